The van der Waals surface area contributed by atoms with Crippen molar-refractivity contribution < 1.29 is 18.9 Å². The highest BCUT2D eigenvalue weighted by Gasteiger charge is 2.47. The van der Waals surface area contributed by atoms with Crippen molar-refractivity contribution >= 4 is 25.3 Å². The summed E-state index contributed by atoms with van der Waals surface area (Å²) in [6, 6.07) is 9.86. The highest BCUT2D eigenvalue weighted by molar-refractivity contribution is 7.85. The third-order valence-electron chi connectivity index (χ3n) is 3.64. The molecule has 0 bridgehead atoms. The quantitative estimate of drug-likeness (QED) is 0.820. The summed E-state index contributed by atoms with van der Waals surface area (Å²) >= 11 is 9.15. The van der Waals surface area contributed by atoms with Gasteiger partial charge in [-0.15, -0.1) is 0 Å². The molecule has 3 rings (SSSR count). The van der Waals surface area contributed by atoms with E-state index in [4.69, 9.17) is 18.9 Å². The number of ether oxygens (including phenoxy) is 4. The third-order valence-corrected chi connectivity index (χ3v) is 5.05. The molecule has 2 aliphatic heterocycles. The average molecular weight is 314 g/mol. The van der Waals surface area contributed by atoms with Crippen LogP contribution in [0, 0.1) is 0 Å². The van der Waals surface area contributed by atoms with E-state index in [2.05, 4.69) is 25.3 Å². The van der Waals surface area contributed by atoms with Crippen LogP contribution in [0.25, 0.3) is 0 Å². The largest absolute Gasteiger partial charge is 0.355 e. The molecule has 0 saturated carbocycles. The predicted octanol–water partition coefficient (Wildman–Crippen LogP) is 2.07. The molecular weight excluding hydrogens is 296 g/mol. The van der Waals surface area contributed by atoms with E-state index in [9.17, 15) is 0 Å². The smallest absolute Gasteiger partial charge is 0.184 e. The van der Waals surface area contributed by atoms with Gasteiger partial charge in [-0.3, -0.25) is 0 Å². The molecule has 1 aromatic carbocycles. The van der Waals surface area contributed by atoms with Gasteiger partial charge in [0.25, 0.3) is 0 Å². The number of hydrogen-bond acceptors (Lipinski definition) is 6. The molecule has 0 aliphatic carbocycles. The molecule has 0 spiro atoms. The molecule has 2 saturated heterocycles. The van der Waals surface area contributed by atoms with E-state index in [-0.39, 0.29) is 35.3 Å². The van der Waals surface area contributed by atoms with Gasteiger partial charge in [0.1, 0.15) is 12.2 Å². The van der Waals surface area contributed by atoms with Gasteiger partial charge >= 0.3 is 0 Å². The first-order chi connectivity index (χ1) is 9.70. The second-order valence-corrected chi connectivity index (χ2v) is 6.13. The summed E-state index contributed by atoms with van der Waals surface area (Å²) in [5.74, 6) is 0. The standard InChI is InChI=1S/C14H18O4S2/c1-15-14-12(20)11(19)10-9(17-14)7-16-13(18-10)8-5-3-2-4-6-8/h2-6,9-14,19-20H,7H2,1H3/t9-,10-,11+,12+,13-,14-/m0/s1. The normalized spacial score (nSPS) is 41.1. The van der Waals surface area contributed by atoms with E-state index >= 15 is 0 Å². The fourth-order valence-electron chi connectivity index (χ4n) is 2.55. The molecule has 0 radical (unpaired) electrons. The number of thiol groups is 2. The second-order valence-electron chi connectivity index (χ2n) is 4.94. The van der Waals surface area contributed by atoms with E-state index in [0.717, 1.165) is 5.56 Å². The zero-order chi connectivity index (χ0) is 14.1. The van der Waals surface area contributed by atoms with Gasteiger partial charge in [0.2, 0.25) is 0 Å². The molecule has 2 fully saturated rings. The Morgan fingerprint density at radius 1 is 1.10 bits per heavy atom. The van der Waals surface area contributed by atoms with Crippen molar-refractivity contribution in [2.45, 2.75) is 35.3 Å². The summed E-state index contributed by atoms with van der Waals surface area (Å²) in [6.07, 6.45) is -1.10. The van der Waals surface area contributed by atoms with Gasteiger partial charge < -0.3 is 18.9 Å². The average Bonchev–Trinajstić information content (AvgIpc) is 2.51. The van der Waals surface area contributed by atoms with Crippen LogP contribution in [0.5, 0.6) is 0 Å². The van der Waals surface area contributed by atoms with Gasteiger partial charge in [0.05, 0.1) is 11.9 Å². The van der Waals surface area contributed by atoms with E-state index in [1.807, 2.05) is 30.3 Å². The van der Waals surface area contributed by atoms with Crippen molar-refractivity contribution in [1.29, 1.82) is 0 Å². The first-order valence-electron chi connectivity index (χ1n) is 6.57. The Labute approximate surface area is 129 Å². The summed E-state index contributed by atoms with van der Waals surface area (Å²) in [7, 11) is 1.60. The molecule has 0 amide bonds. The SMILES string of the molecule is CO[C@H]1O[C@H]2CO[C@H](c3ccccc3)O[C@@H]2[C@@H](S)[C@H]1S. The Morgan fingerprint density at radius 3 is 2.55 bits per heavy atom. The lowest BCUT2D eigenvalue weighted by atomic mass is 10.0. The van der Waals surface area contributed by atoms with Crippen LogP contribution in [0.2, 0.25) is 0 Å². The Hall–Kier alpha value is -0.240. The van der Waals surface area contributed by atoms with Crippen molar-refractivity contribution in [3.05, 3.63) is 35.9 Å². The van der Waals surface area contributed by atoms with Crippen LogP contribution >= 0.6 is 25.3 Å². The fraction of sp³-hybridized carbons (Fsp3) is 0.571. The molecule has 2 aliphatic rings. The molecule has 4 nitrogen and oxygen atoms in total. The number of rotatable bonds is 2. The minimum Gasteiger partial charge on any atom is -0.355 e. The lowest BCUT2D eigenvalue weighted by Gasteiger charge is -2.46. The van der Waals surface area contributed by atoms with Crippen molar-refractivity contribution in [3.8, 4) is 0 Å². The fourth-order valence-corrected chi connectivity index (χ4v) is 3.32. The number of benzene rings is 1. The van der Waals surface area contributed by atoms with E-state index in [1.54, 1.807) is 7.11 Å². The molecule has 20 heavy (non-hydrogen) atoms. The lowest BCUT2D eigenvalue weighted by molar-refractivity contribution is -0.308. The first kappa shape index (κ1) is 14.7. The monoisotopic (exact) mass is 314 g/mol. The van der Waals surface area contributed by atoms with Crippen LogP contribution in [-0.2, 0) is 18.9 Å². The van der Waals surface area contributed by atoms with Gasteiger partial charge in [-0.05, 0) is 0 Å². The predicted molar refractivity (Wildman–Crippen MR) is 81.2 cm³/mol. The minimum absolute atomic E-state index is 0.0721. The zero-order valence-electron chi connectivity index (χ0n) is 11.1. The van der Waals surface area contributed by atoms with Gasteiger partial charge in [0, 0.05) is 17.9 Å². The molecule has 6 heteroatoms. The number of fused-ring (bicyclic) bond motifs is 1. The Kier molecular flexibility index (Phi) is 4.59. The lowest BCUT2D eigenvalue weighted by Crippen LogP contribution is -2.58. The topological polar surface area (TPSA) is 36.9 Å². The maximum Gasteiger partial charge on any atom is 0.184 e. The number of hydrogen-bond donors (Lipinski definition) is 2. The molecule has 1 aromatic rings. The van der Waals surface area contributed by atoms with Gasteiger partial charge in [-0.25, -0.2) is 0 Å². The molecule has 110 valence electrons. The van der Waals surface area contributed by atoms with Gasteiger partial charge in [-0.2, -0.15) is 25.3 Å². The Morgan fingerprint density at radius 2 is 1.85 bits per heavy atom. The minimum atomic E-state index is -0.387. The molecule has 2 heterocycles. The third kappa shape index (κ3) is 2.73. The van der Waals surface area contributed by atoms with Crippen molar-refractivity contribution in [1.82, 2.24) is 0 Å². The Bertz CT molecular complexity index is 442. The highest BCUT2D eigenvalue weighted by atomic mass is 32.1. The molecular formula is C14H18O4S2. The van der Waals surface area contributed by atoms with Gasteiger partial charge in [-0.1, -0.05) is 30.3 Å². The molecule has 0 unspecified atom stereocenters. The number of methoxy groups -OCH3 is 1. The summed E-state index contributed by atoms with van der Waals surface area (Å²) in [5, 5.41) is -0.212. The molecule has 0 aromatic heterocycles. The van der Waals surface area contributed by atoms with Crippen LogP contribution in [-0.4, -0.2) is 42.7 Å². The Balaban J connectivity index is 1.74. The van der Waals surface area contributed by atoms with Gasteiger partial charge in [0.15, 0.2) is 12.6 Å². The molecule has 0 N–H and O–H groups in total. The van der Waals surface area contributed by atoms with Crippen LogP contribution in [0.3, 0.4) is 0 Å². The van der Waals surface area contributed by atoms with Crippen LogP contribution in [0.4, 0.5) is 0 Å². The molecule has 6 atom stereocenters. The highest BCUT2D eigenvalue weighted by Crippen LogP contribution is 2.37. The summed E-state index contributed by atoms with van der Waals surface area (Å²) in [4.78, 5) is 0. The van der Waals surface area contributed by atoms with Crippen molar-refractivity contribution in [2.24, 2.45) is 0 Å². The maximum atomic E-state index is 6.02. The summed E-state index contributed by atoms with van der Waals surface area (Å²) in [5.41, 5.74) is 0.996. The van der Waals surface area contributed by atoms with Crippen molar-refractivity contribution in [3.63, 3.8) is 0 Å². The first-order valence-corrected chi connectivity index (χ1v) is 7.60. The maximum absolute atomic E-state index is 6.02. The van der Waals surface area contributed by atoms with E-state index < -0.39 is 0 Å². The van der Waals surface area contributed by atoms with E-state index in [1.165, 1.54) is 0 Å². The van der Waals surface area contributed by atoms with Crippen LogP contribution in [0.15, 0.2) is 30.3 Å². The zero-order valence-corrected chi connectivity index (χ0v) is 12.9. The van der Waals surface area contributed by atoms with Crippen molar-refractivity contribution in [2.75, 3.05) is 13.7 Å². The summed E-state index contributed by atoms with van der Waals surface area (Å²) < 4.78 is 22.9. The van der Waals surface area contributed by atoms with E-state index in [0.29, 0.717) is 6.61 Å². The van der Waals surface area contributed by atoms with Crippen LogP contribution in [0.1, 0.15) is 11.9 Å². The summed E-state index contributed by atoms with van der Waals surface area (Å²) in [6.45, 7) is 0.460. The van der Waals surface area contributed by atoms with Crippen LogP contribution < -0.4 is 0 Å². The second kappa shape index (κ2) is 6.25.